The first kappa shape index (κ1) is 11.5. The van der Waals surface area contributed by atoms with Crippen LogP contribution in [0.3, 0.4) is 0 Å². The first-order chi connectivity index (χ1) is 7.15. The third-order valence-electron chi connectivity index (χ3n) is 1.92. The fourth-order valence-corrected chi connectivity index (χ4v) is 1.15. The summed E-state index contributed by atoms with van der Waals surface area (Å²) in [6, 6.07) is 4.83. The molecule has 15 heavy (non-hydrogen) atoms. The predicted octanol–water partition coefficient (Wildman–Crippen LogP) is 1.50. The molecule has 5 heteroatoms. The average Bonchev–Trinajstić information content (AvgIpc) is 2.18. The molecule has 0 aliphatic carbocycles. The molecule has 0 radical (unpaired) electrons. The number of aryl methyl sites for hydroxylation is 1. The minimum Gasteiger partial charge on any atom is -0.485 e. The lowest BCUT2D eigenvalue weighted by Gasteiger charge is -2.06. The lowest BCUT2D eigenvalue weighted by atomic mass is 10.2. The Morgan fingerprint density at radius 1 is 1.53 bits per heavy atom. The van der Waals surface area contributed by atoms with Crippen LogP contribution in [0.1, 0.15) is 5.56 Å². The van der Waals surface area contributed by atoms with Gasteiger partial charge < -0.3 is 10.1 Å². The van der Waals surface area contributed by atoms with Gasteiger partial charge in [-0.3, -0.25) is 10.1 Å². The second-order valence-electron chi connectivity index (χ2n) is 3.18. The largest absolute Gasteiger partial charge is 0.485 e. The maximum absolute atomic E-state index is 10.7. The summed E-state index contributed by atoms with van der Waals surface area (Å²) < 4.78 is 5.32. The molecule has 0 fully saturated rings. The molecule has 1 aromatic carbocycles. The van der Waals surface area contributed by atoms with Crippen LogP contribution in [0.15, 0.2) is 18.2 Å². The number of ether oxygens (including phenoxy) is 1. The highest BCUT2D eigenvalue weighted by Crippen LogP contribution is 2.27. The van der Waals surface area contributed by atoms with E-state index in [0.29, 0.717) is 18.9 Å². The molecule has 0 bridgehead atoms. The molecule has 0 unspecified atom stereocenters. The Balaban J connectivity index is 2.82. The summed E-state index contributed by atoms with van der Waals surface area (Å²) in [5, 5.41) is 13.6. The molecule has 0 heterocycles. The quantitative estimate of drug-likeness (QED) is 0.454. The van der Waals surface area contributed by atoms with Crippen molar-refractivity contribution in [2.24, 2.45) is 0 Å². The first-order valence-electron chi connectivity index (χ1n) is 4.67. The van der Waals surface area contributed by atoms with E-state index in [-0.39, 0.29) is 5.69 Å². The Morgan fingerprint density at radius 2 is 2.27 bits per heavy atom. The second kappa shape index (κ2) is 5.31. The molecule has 0 saturated carbocycles. The number of hydrogen-bond donors (Lipinski definition) is 1. The summed E-state index contributed by atoms with van der Waals surface area (Å²) in [4.78, 5) is 10.2. The van der Waals surface area contributed by atoms with Gasteiger partial charge in [-0.2, -0.15) is 0 Å². The molecule has 0 saturated heterocycles. The van der Waals surface area contributed by atoms with Gasteiger partial charge in [-0.15, -0.1) is 0 Å². The molecular weight excluding hydrogens is 196 g/mol. The van der Waals surface area contributed by atoms with Crippen LogP contribution in [0.5, 0.6) is 5.75 Å². The van der Waals surface area contributed by atoms with E-state index in [1.54, 1.807) is 19.2 Å². The van der Waals surface area contributed by atoms with E-state index in [1.807, 2.05) is 6.92 Å². The lowest BCUT2D eigenvalue weighted by molar-refractivity contribution is -0.385. The molecule has 0 aliphatic rings. The van der Waals surface area contributed by atoms with Gasteiger partial charge in [0.25, 0.3) is 0 Å². The highest BCUT2D eigenvalue weighted by Gasteiger charge is 2.14. The van der Waals surface area contributed by atoms with Gasteiger partial charge in [0.1, 0.15) is 6.61 Å². The third kappa shape index (κ3) is 3.21. The summed E-state index contributed by atoms with van der Waals surface area (Å²) in [7, 11) is 1.80. The Kier molecular flexibility index (Phi) is 4.05. The van der Waals surface area contributed by atoms with E-state index in [0.717, 1.165) is 5.56 Å². The molecule has 1 rings (SSSR count). The molecule has 0 atom stereocenters. The summed E-state index contributed by atoms with van der Waals surface area (Å²) in [5.41, 5.74) is 0.955. The van der Waals surface area contributed by atoms with Gasteiger partial charge in [-0.1, -0.05) is 6.07 Å². The van der Waals surface area contributed by atoms with E-state index in [2.05, 4.69) is 5.32 Å². The maximum atomic E-state index is 10.7. The minimum atomic E-state index is -0.436. The standard InChI is InChI=1S/C10H14N2O3/c1-8-3-4-9(12(13)14)10(7-8)15-6-5-11-2/h3-4,7,11H,5-6H2,1-2H3. The number of likely N-dealkylation sites (N-methyl/N-ethyl adjacent to an activating group) is 1. The molecule has 0 spiro atoms. The van der Waals surface area contributed by atoms with Gasteiger partial charge >= 0.3 is 5.69 Å². The van der Waals surface area contributed by atoms with Gasteiger partial charge in [0, 0.05) is 12.6 Å². The molecule has 0 amide bonds. The smallest absolute Gasteiger partial charge is 0.310 e. The maximum Gasteiger partial charge on any atom is 0.310 e. The molecule has 0 aliphatic heterocycles. The fraction of sp³-hybridized carbons (Fsp3) is 0.400. The minimum absolute atomic E-state index is 0.0108. The highest BCUT2D eigenvalue weighted by molar-refractivity contribution is 5.48. The zero-order chi connectivity index (χ0) is 11.3. The lowest BCUT2D eigenvalue weighted by Crippen LogP contribution is -2.16. The van der Waals surface area contributed by atoms with Crippen LogP contribution in [0.2, 0.25) is 0 Å². The number of rotatable bonds is 5. The Morgan fingerprint density at radius 3 is 2.87 bits per heavy atom. The Labute approximate surface area is 88.2 Å². The molecule has 0 aromatic heterocycles. The van der Waals surface area contributed by atoms with Crippen molar-refractivity contribution in [1.82, 2.24) is 5.32 Å². The second-order valence-corrected chi connectivity index (χ2v) is 3.18. The third-order valence-corrected chi connectivity index (χ3v) is 1.92. The van der Waals surface area contributed by atoms with Crippen molar-refractivity contribution >= 4 is 5.69 Å². The molecule has 82 valence electrons. The van der Waals surface area contributed by atoms with E-state index in [1.165, 1.54) is 6.07 Å². The summed E-state index contributed by atoms with van der Waals surface area (Å²) in [6.45, 7) is 2.94. The van der Waals surface area contributed by atoms with E-state index in [9.17, 15) is 10.1 Å². The molecule has 1 N–H and O–H groups in total. The van der Waals surface area contributed by atoms with Crippen LogP contribution in [0.25, 0.3) is 0 Å². The molecular formula is C10H14N2O3. The van der Waals surface area contributed by atoms with Gasteiger partial charge in [0.2, 0.25) is 0 Å². The Hall–Kier alpha value is -1.62. The van der Waals surface area contributed by atoms with Crippen LogP contribution in [0.4, 0.5) is 5.69 Å². The van der Waals surface area contributed by atoms with E-state index < -0.39 is 4.92 Å². The fourth-order valence-electron chi connectivity index (χ4n) is 1.15. The molecule has 5 nitrogen and oxygen atoms in total. The Bertz CT molecular complexity index is 353. The zero-order valence-corrected chi connectivity index (χ0v) is 8.82. The summed E-state index contributed by atoms with van der Waals surface area (Å²) >= 11 is 0. The number of hydrogen-bond acceptors (Lipinski definition) is 4. The zero-order valence-electron chi connectivity index (χ0n) is 8.82. The van der Waals surface area contributed by atoms with Crippen molar-refractivity contribution in [3.05, 3.63) is 33.9 Å². The van der Waals surface area contributed by atoms with E-state index in [4.69, 9.17) is 4.74 Å². The van der Waals surface area contributed by atoms with Crippen molar-refractivity contribution < 1.29 is 9.66 Å². The average molecular weight is 210 g/mol. The van der Waals surface area contributed by atoms with Crippen molar-refractivity contribution in [1.29, 1.82) is 0 Å². The van der Waals surface area contributed by atoms with Crippen LogP contribution in [-0.4, -0.2) is 25.1 Å². The van der Waals surface area contributed by atoms with Crippen LogP contribution < -0.4 is 10.1 Å². The summed E-state index contributed by atoms with van der Waals surface area (Å²) in [5.74, 6) is 0.329. The SMILES string of the molecule is CNCCOc1cc(C)ccc1[N+](=O)[O-]. The van der Waals surface area contributed by atoms with E-state index >= 15 is 0 Å². The van der Waals surface area contributed by atoms with Crippen molar-refractivity contribution in [3.8, 4) is 5.75 Å². The van der Waals surface area contributed by atoms with Crippen molar-refractivity contribution in [2.75, 3.05) is 20.2 Å². The van der Waals surface area contributed by atoms with Crippen molar-refractivity contribution in [3.63, 3.8) is 0 Å². The number of nitro benzene ring substituents is 1. The topological polar surface area (TPSA) is 64.4 Å². The van der Waals surface area contributed by atoms with Gasteiger partial charge in [-0.25, -0.2) is 0 Å². The normalized spacial score (nSPS) is 10.0. The van der Waals surface area contributed by atoms with Gasteiger partial charge in [-0.05, 0) is 25.6 Å². The monoisotopic (exact) mass is 210 g/mol. The van der Waals surface area contributed by atoms with Crippen LogP contribution in [0, 0.1) is 17.0 Å². The van der Waals surface area contributed by atoms with Crippen LogP contribution in [-0.2, 0) is 0 Å². The number of nitro groups is 1. The number of benzene rings is 1. The van der Waals surface area contributed by atoms with Gasteiger partial charge in [0.05, 0.1) is 4.92 Å². The summed E-state index contributed by atoms with van der Waals surface area (Å²) in [6.07, 6.45) is 0. The first-order valence-corrected chi connectivity index (χ1v) is 4.67. The van der Waals surface area contributed by atoms with Crippen LogP contribution >= 0.6 is 0 Å². The predicted molar refractivity (Wildman–Crippen MR) is 57.3 cm³/mol. The van der Waals surface area contributed by atoms with Crippen molar-refractivity contribution in [2.45, 2.75) is 6.92 Å². The number of nitrogens with zero attached hydrogens (tertiary/aromatic N) is 1. The highest BCUT2D eigenvalue weighted by atomic mass is 16.6. The molecule has 1 aromatic rings. The van der Waals surface area contributed by atoms with Gasteiger partial charge in [0.15, 0.2) is 5.75 Å². The number of nitrogens with one attached hydrogen (secondary N) is 1.